The summed E-state index contributed by atoms with van der Waals surface area (Å²) < 4.78 is 0. The van der Waals surface area contributed by atoms with Gasteiger partial charge in [-0.1, -0.05) is 30.8 Å². The number of amides is 1. The van der Waals surface area contributed by atoms with Gasteiger partial charge in [0.15, 0.2) is 5.16 Å². The van der Waals surface area contributed by atoms with E-state index in [9.17, 15) is 4.79 Å². The molecule has 1 saturated heterocycles. The maximum atomic E-state index is 12.8. The standard InChI is InChI=1S/C17H23N3OS/c1-3-13-8-6-7-11-20(13)16(21)12(2)22-17-18-14-9-4-5-10-15(14)19-17/h4-5,9-10,12-13H,3,6-8,11H2,1-2H3,(H,18,19)/t12-,13-/m1/s1. The number of hydrogen-bond donors (Lipinski definition) is 1. The highest BCUT2D eigenvalue weighted by Crippen LogP contribution is 2.27. The molecule has 2 atom stereocenters. The molecular weight excluding hydrogens is 294 g/mol. The van der Waals surface area contributed by atoms with Crippen molar-refractivity contribution in [3.63, 3.8) is 0 Å². The lowest BCUT2D eigenvalue weighted by atomic mass is 10.00. The number of aromatic amines is 1. The lowest BCUT2D eigenvalue weighted by Crippen LogP contribution is -2.46. The number of benzene rings is 1. The third kappa shape index (κ3) is 3.14. The van der Waals surface area contributed by atoms with E-state index in [1.54, 1.807) is 0 Å². The van der Waals surface area contributed by atoms with Crippen molar-refractivity contribution in [2.45, 2.75) is 56.0 Å². The SMILES string of the molecule is CC[C@@H]1CCCCN1C(=O)[C@@H](C)Sc1nc2ccccc2[nH]1. The Morgan fingerprint density at radius 2 is 2.27 bits per heavy atom. The Balaban J connectivity index is 1.70. The highest BCUT2D eigenvalue weighted by molar-refractivity contribution is 8.00. The van der Waals surface area contributed by atoms with Crippen molar-refractivity contribution in [3.8, 4) is 0 Å². The topological polar surface area (TPSA) is 49.0 Å². The van der Waals surface area contributed by atoms with E-state index in [1.165, 1.54) is 18.2 Å². The van der Waals surface area contributed by atoms with Gasteiger partial charge >= 0.3 is 0 Å². The van der Waals surface area contributed by atoms with Crippen LogP contribution in [0.25, 0.3) is 11.0 Å². The predicted octanol–water partition coefficient (Wildman–Crippen LogP) is 3.83. The summed E-state index contributed by atoms with van der Waals surface area (Å²) in [4.78, 5) is 22.7. The number of rotatable bonds is 4. The smallest absolute Gasteiger partial charge is 0.236 e. The van der Waals surface area contributed by atoms with Crippen LogP contribution in [0.1, 0.15) is 39.5 Å². The van der Waals surface area contributed by atoms with E-state index in [-0.39, 0.29) is 11.2 Å². The van der Waals surface area contributed by atoms with Gasteiger partial charge in [0.05, 0.1) is 16.3 Å². The average Bonchev–Trinajstić information content (AvgIpc) is 2.96. The number of aromatic nitrogens is 2. The molecule has 2 heterocycles. The first-order valence-corrected chi connectivity index (χ1v) is 8.99. The summed E-state index contributed by atoms with van der Waals surface area (Å²) in [6, 6.07) is 8.38. The number of carbonyl (C=O) groups excluding carboxylic acids is 1. The first kappa shape index (κ1) is 15.4. The molecule has 0 aliphatic carbocycles. The van der Waals surface area contributed by atoms with Gasteiger partial charge in [-0.25, -0.2) is 4.98 Å². The first-order chi connectivity index (χ1) is 10.7. The van der Waals surface area contributed by atoms with Gasteiger partial charge in [0.25, 0.3) is 0 Å². The van der Waals surface area contributed by atoms with Crippen LogP contribution >= 0.6 is 11.8 Å². The normalized spacial score (nSPS) is 20.3. The number of thioether (sulfide) groups is 1. The van der Waals surface area contributed by atoms with Crippen LogP contribution in [-0.4, -0.2) is 38.6 Å². The van der Waals surface area contributed by atoms with E-state index in [0.717, 1.165) is 42.0 Å². The molecule has 1 aliphatic rings. The van der Waals surface area contributed by atoms with Crippen molar-refractivity contribution in [2.24, 2.45) is 0 Å². The maximum Gasteiger partial charge on any atom is 0.236 e. The Hall–Kier alpha value is -1.49. The van der Waals surface area contributed by atoms with Crippen LogP contribution in [-0.2, 0) is 4.79 Å². The van der Waals surface area contributed by atoms with Crippen LogP contribution in [0.3, 0.4) is 0 Å². The molecule has 4 nitrogen and oxygen atoms in total. The number of H-pyrrole nitrogens is 1. The summed E-state index contributed by atoms with van der Waals surface area (Å²) in [7, 11) is 0. The van der Waals surface area contributed by atoms with E-state index in [2.05, 4.69) is 21.8 Å². The van der Waals surface area contributed by atoms with Crippen LogP contribution in [0, 0.1) is 0 Å². The summed E-state index contributed by atoms with van der Waals surface area (Å²) in [5, 5.41) is 0.722. The van der Waals surface area contributed by atoms with E-state index in [4.69, 9.17) is 0 Å². The van der Waals surface area contributed by atoms with Gasteiger partial charge < -0.3 is 9.88 Å². The third-order valence-corrected chi connectivity index (χ3v) is 5.36. The highest BCUT2D eigenvalue weighted by atomic mass is 32.2. The van der Waals surface area contributed by atoms with Gasteiger partial charge in [0.1, 0.15) is 0 Å². The fourth-order valence-electron chi connectivity index (χ4n) is 3.15. The Morgan fingerprint density at radius 1 is 1.45 bits per heavy atom. The molecule has 0 bridgehead atoms. The maximum absolute atomic E-state index is 12.8. The fraction of sp³-hybridized carbons (Fsp3) is 0.529. The second kappa shape index (κ2) is 6.73. The number of fused-ring (bicyclic) bond motifs is 1. The minimum absolute atomic E-state index is 0.104. The molecule has 1 aliphatic heterocycles. The molecule has 3 rings (SSSR count). The molecule has 118 valence electrons. The molecule has 2 aromatic rings. The lowest BCUT2D eigenvalue weighted by molar-refractivity contribution is -0.134. The van der Waals surface area contributed by atoms with Crippen LogP contribution in [0.2, 0.25) is 0 Å². The molecular formula is C17H23N3OS. The number of likely N-dealkylation sites (tertiary alicyclic amines) is 1. The van der Waals surface area contributed by atoms with Gasteiger partial charge in [0, 0.05) is 12.6 Å². The molecule has 0 unspecified atom stereocenters. The van der Waals surface area contributed by atoms with Gasteiger partial charge in [-0.05, 0) is 44.7 Å². The summed E-state index contributed by atoms with van der Waals surface area (Å²) in [6.07, 6.45) is 4.57. The van der Waals surface area contributed by atoms with Crippen LogP contribution in [0.5, 0.6) is 0 Å². The van der Waals surface area contributed by atoms with Crippen LogP contribution in [0.4, 0.5) is 0 Å². The number of imidazole rings is 1. The van der Waals surface area contributed by atoms with E-state index < -0.39 is 0 Å². The summed E-state index contributed by atoms with van der Waals surface area (Å²) in [5.74, 6) is 0.247. The van der Waals surface area contributed by atoms with Gasteiger partial charge in [0.2, 0.25) is 5.91 Å². The summed E-state index contributed by atoms with van der Waals surface area (Å²) >= 11 is 1.53. The zero-order chi connectivity index (χ0) is 15.5. The molecule has 1 aromatic heterocycles. The molecule has 1 N–H and O–H groups in total. The van der Waals surface area contributed by atoms with Crippen molar-refractivity contribution >= 4 is 28.7 Å². The molecule has 5 heteroatoms. The Bertz CT molecular complexity index is 621. The zero-order valence-corrected chi connectivity index (χ0v) is 14.0. The number of nitrogens with one attached hydrogen (secondary N) is 1. The molecule has 0 saturated carbocycles. The first-order valence-electron chi connectivity index (χ1n) is 8.11. The number of hydrogen-bond acceptors (Lipinski definition) is 3. The average molecular weight is 317 g/mol. The lowest BCUT2D eigenvalue weighted by Gasteiger charge is -2.36. The van der Waals surface area contributed by atoms with Crippen molar-refractivity contribution in [3.05, 3.63) is 24.3 Å². The monoisotopic (exact) mass is 317 g/mol. The van der Waals surface area contributed by atoms with Gasteiger partial charge in [-0.3, -0.25) is 4.79 Å². The number of carbonyl (C=O) groups is 1. The van der Waals surface area contributed by atoms with Crippen molar-refractivity contribution in [2.75, 3.05) is 6.54 Å². The minimum Gasteiger partial charge on any atom is -0.339 e. The molecule has 1 amide bonds. The number of piperidine rings is 1. The summed E-state index contributed by atoms with van der Waals surface area (Å²) in [5.41, 5.74) is 1.98. The Labute approximate surface area is 135 Å². The highest BCUT2D eigenvalue weighted by Gasteiger charge is 2.29. The largest absolute Gasteiger partial charge is 0.339 e. The quantitative estimate of drug-likeness (QED) is 0.872. The van der Waals surface area contributed by atoms with Gasteiger partial charge in [-0.2, -0.15) is 0 Å². The van der Waals surface area contributed by atoms with E-state index >= 15 is 0 Å². The zero-order valence-electron chi connectivity index (χ0n) is 13.2. The fourth-order valence-corrected chi connectivity index (χ4v) is 4.04. The Morgan fingerprint density at radius 3 is 3.05 bits per heavy atom. The van der Waals surface area contributed by atoms with E-state index in [0.29, 0.717) is 6.04 Å². The molecule has 1 aromatic carbocycles. The van der Waals surface area contributed by atoms with Crippen LogP contribution < -0.4 is 0 Å². The number of para-hydroxylation sites is 2. The third-order valence-electron chi connectivity index (χ3n) is 4.39. The van der Waals surface area contributed by atoms with Crippen molar-refractivity contribution < 1.29 is 4.79 Å². The molecule has 0 radical (unpaired) electrons. The Kier molecular flexibility index (Phi) is 4.71. The second-order valence-electron chi connectivity index (χ2n) is 5.91. The van der Waals surface area contributed by atoms with Crippen LogP contribution in [0.15, 0.2) is 29.4 Å². The van der Waals surface area contributed by atoms with E-state index in [1.807, 2.05) is 31.2 Å². The number of nitrogens with zero attached hydrogens (tertiary/aromatic N) is 2. The second-order valence-corrected chi connectivity index (χ2v) is 7.24. The summed E-state index contributed by atoms with van der Waals surface area (Å²) in [6.45, 7) is 5.07. The van der Waals surface area contributed by atoms with Gasteiger partial charge in [-0.15, -0.1) is 0 Å². The predicted molar refractivity (Wildman–Crippen MR) is 91.1 cm³/mol. The van der Waals surface area contributed by atoms with Crippen molar-refractivity contribution in [1.82, 2.24) is 14.9 Å². The molecule has 0 spiro atoms. The molecule has 22 heavy (non-hydrogen) atoms. The minimum atomic E-state index is -0.104. The van der Waals surface area contributed by atoms with Crippen molar-refractivity contribution in [1.29, 1.82) is 0 Å². The molecule has 1 fully saturated rings.